The van der Waals surface area contributed by atoms with Crippen LogP contribution in [0.15, 0.2) is 21.3 Å². The Balaban J connectivity index is 1.90. The minimum absolute atomic E-state index is 0.210. The summed E-state index contributed by atoms with van der Waals surface area (Å²) in [5.74, 6) is 1.70. The molecule has 0 spiro atoms. The SMILES string of the molecule is Cc1cc(CCC2CCCCC2)oc(=O)c1. The van der Waals surface area contributed by atoms with Crippen LogP contribution in [-0.4, -0.2) is 0 Å². The molecule has 16 heavy (non-hydrogen) atoms. The predicted molar refractivity (Wildman–Crippen MR) is 64.6 cm³/mol. The third-order valence-corrected chi connectivity index (χ3v) is 3.49. The van der Waals surface area contributed by atoms with Crippen molar-refractivity contribution in [2.24, 2.45) is 5.92 Å². The smallest absolute Gasteiger partial charge is 0.336 e. The molecule has 1 aliphatic carbocycles. The van der Waals surface area contributed by atoms with Gasteiger partial charge in [-0.25, -0.2) is 4.79 Å². The quantitative estimate of drug-likeness (QED) is 0.780. The van der Waals surface area contributed by atoms with E-state index in [1.165, 1.54) is 38.5 Å². The molecule has 0 amide bonds. The Morgan fingerprint density at radius 3 is 2.69 bits per heavy atom. The van der Waals surface area contributed by atoms with Gasteiger partial charge in [-0.1, -0.05) is 32.1 Å². The topological polar surface area (TPSA) is 30.2 Å². The van der Waals surface area contributed by atoms with E-state index in [1.807, 2.05) is 13.0 Å². The molecule has 1 heterocycles. The Kier molecular flexibility index (Phi) is 3.81. The minimum Gasteiger partial charge on any atom is -0.428 e. The van der Waals surface area contributed by atoms with Crippen molar-refractivity contribution in [3.8, 4) is 0 Å². The van der Waals surface area contributed by atoms with Crippen molar-refractivity contribution in [1.82, 2.24) is 0 Å². The van der Waals surface area contributed by atoms with Crippen LogP contribution in [0.2, 0.25) is 0 Å². The lowest BCUT2D eigenvalue weighted by atomic mass is 9.86. The summed E-state index contributed by atoms with van der Waals surface area (Å²) in [5.41, 5.74) is 0.800. The first kappa shape index (κ1) is 11.4. The molecule has 0 unspecified atom stereocenters. The van der Waals surface area contributed by atoms with Crippen molar-refractivity contribution >= 4 is 0 Å². The Morgan fingerprint density at radius 1 is 1.25 bits per heavy atom. The maximum atomic E-state index is 11.2. The van der Waals surface area contributed by atoms with Crippen LogP contribution in [0.4, 0.5) is 0 Å². The largest absolute Gasteiger partial charge is 0.428 e. The van der Waals surface area contributed by atoms with Crippen LogP contribution in [0.5, 0.6) is 0 Å². The molecular formula is C14H20O2. The van der Waals surface area contributed by atoms with Gasteiger partial charge in [-0.3, -0.25) is 0 Å². The number of hydrogen-bond acceptors (Lipinski definition) is 2. The fourth-order valence-corrected chi connectivity index (χ4v) is 2.62. The Hall–Kier alpha value is -1.05. The summed E-state index contributed by atoms with van der Waals surface area (Å²) in [5, 5.41) is 0. The lowest BCUT2D eigenvalue weighted by Crippen LogP contribution is -2.08. The van der Waals surface area contributed by atoms with Crippen molar-refractivity contribution in [2.45, 2.75) is 51.9 Å². The molecule has 0 radical (unpaired) electrons. The van der Waals surface area contributed by atoms with Gasteiger partial charge in [-0.15, -0.1) is 0 Å². The maximum Gasteiger partial charge on any atom is 0.336 e. The van der Waals surface area contributed by atoms with Crippen molar-refractivity contribution < 1.29 is 4.42 Å². The van der Waals surface area contributed by atoms with Crippen LogP contribution in [0.3, 0.4) is 0 Å². The van der Waals surface area contributed by atoms with Gasteiger partial charge in [-0.2, -0.15) is 0 Å². The number of aryl methyl sites for hydroxylation is 2. The molecule has 0 saturated heterocycles. The van der Waals surface area contributed by atoms with Crippen LogP contribution in [0.25, 0.3) is 0 Å². The van der Waals surface area contributed by atoms with Crippen LogP contribution in [0, 0.1) is 12.8 Å². The summed E-state index contributed by atoms with van der Waals surface area (Å²) in [6, 6.07) is 3.54. The lowest BCUT2D eigenvalue weighted by molar-refractivity contribution is 0.327. The molecule has 2 nitrogen and oxygen atoms in total. The second-order valence-corrected chi connectivity index (χ2v) is 4.96. The molecule has 1 aromatic rings. The molecule has 1 saturated carbocycles. The van der Waals surface area contributed by atoms with E-state index in [9.17, 15) is 4.79 Å². The van der Waals surface area contributed by atoms with E-state index in [4.69, 9.17) is 4.42 Å². The third kappa shape index (κ3) is 3.22. The van der Waals surface area contributed by atoms with E-state index in [2.05, 4.69) is 0 Å². The summed E-state index contributed by atoms with van der Waals surface area (Å²) < 4.78 is 5.19. The highest BCUT2D eigenvalue weighted by Crippen LogP contribution is 2.27. The molecule has 2 rings (SSSR count). The summed E-state index contributed by atoms with van der Waals surface area (Å²) in [6.07, 6.45) is 8.96. The van der Waals surface area contributed by atoms with E-state index < -0.39 is 0 Å². The summed E-state index contributed by atoms with van der Waals surface area (Å²) >= 11 is 0. The van der Waals surface area contributed by atoms with Crippen molar-refractivity contribution in [3.05, 3.63) is 33.9 Å². The summed E-state index contributed by atoms with van der Waals surface area (Å²) in [4.78, 5) is 11.2. The van der Waals surface area contributed by atoms with Gasteiger partial charge in [0.05, 0.1) is 0 Å². The van der Waals surface area contributed by atoms with Gasteiger partial charge in [0, 0.05) is 12.5 Å². The van der Waals surface area contributed by atoms with Gasteiger partial charge < -0.3 is 4.42 Å². The molecule has 0 N–H and O–H groups in total. The average Bonchev–Trinajstić information content (AvgIpc) is 2.27. The lowest BCUT2D eigenvalue weighted by Gasteiger charge is -2.20. The molecule has 1 fully saturated rings. The first-order valence-electron chi connectivity index (χ1n) is 6.35. The van der Waals surface area contributed by atoms with E-state index in [0.717, 1.165) is 23.7 Å². The monoisotopic (exact) mass is 220 g/mol. The van der Waals surface area contributed by atoms with Gasteiger partial charge in [0.2, 0.25) is 0 Å². The highest BCUT2D eigenvalue weighted by atomic mass is 16.4. The normalized spacial score (nSPS) is 17.6. The molecule has 0 aliphatic heterocycles. The van der Waals surface area contributed by atoms with E-state index in [-0.39, 0.29) is 5.63 Å². The van der Waals surface area contributed by atoms with Crippen LogP contribution in [-0.2, 0) is 6.42 Å². The van der Waals surface area contributed by atoms with Crippen LogP contribution in [0.1, 0.15) is 49.8 Å². The van der Waals surface area contributed by atoms with E-state index in [1.54, 1.807) is 6.07 Å². The van der Waals surface area contributed by atoms with Crippen molar-refractivity contribution in [2.75, 3.05) is 0 Å². The molecule has 88 valence electrons. The summed E-state index contributed by atoms with van der Waals surface area (Å²) in [7, 11) is 0. The first-order chi connectivity index (χ1) is 7.74. The second kappa shape index (κ2) is 5.33. The average molecular weight is 220 g/mol. The van der Waals surface area contributed by atoms with Crippen molar-refractivity contribution in [1.29, 1.82) is 0 Å². The fourth-order valence-electron chi connectivity index (χ4n) is 2.62. The highest BCUT2D eigenvalue weighted by molar-refractivity contribution is 5.11. The zero-order valence-electron chi connectivity index (χ0n) is 10.00. The Bertz CT molecular complexity index is 386. The summed E-state index contributed by atoms with van der Waals surface area (Å²) in [6.45, 7) is 1.95. The zero-order valence-corrected chi connectivity index (χ0v) is 10.00. The maximum absolute atomic E-state index is 11.2. The first-order valence-corrected chi connectivity index (χ1v) is 6.35. The molecule has 2 heteroatoms. The fraction of sp³-hybridized carbons (Fsp3) is 0.643. The predicted octanol–water partition coefficient (Wildman–Crippen LogP) is 3.46. The molecule has 0 bridgehead atoms. The molecule has 0 atom stereocenters. The molecule has 1 aromatic heterocycles. The minimum atomic E-state index is -0.210. The molecule has 0 aromatic carbocycles. The molecule has 1 aliphatic rings. The van der Waals surface area contributed by atoms with Gasteiger partial charge >= 0.3 is 5.63 Å². The van der Waals surface area contributed by atoms with Crippen molar-refractivity contribution in [3.63, 3.8) is 0 Å². The number of hydrogen-bond donors (Lipinski definition) is 0. The zero-order chi connectivity index (χ0) is 11.4. The standard InChI is InChI=1S/C14H20O2/c1-11-9-13(16-14(15)10-11)8-7-12-5-3-2-4-6-12/h9-10,12H,2-8H2,1H3. The van der Waals surface area contributed by atoms with Gasteiger partial charge in [0.15, 0.2) is 0 Å². The Labute approximate surface area is 96.7 Å². The molecular weight excluding hydrogens is 200 g/mol. The highest BCUT2D eigenvalue weighted by Gasteiger charge is 2.13. The van der Waals surface area contributed by atoms with E-state index >= 15 is 0 Å². The third-order valence-electron chi connectivity index (χ3n) is 3.49. The van der Waals surface area contributed by atoms with Gasteiger partial charge in [0.1, 0.15) is 5.76 Å². The van der Waals surface area contributed by atoms with Gasteiger partial charge in [0.25, 0.3) is 0 Å². The Morgan fingerprint density at radius 2 is 2.00 bits per heavy atom. The number of rotatable bonds is 3. The van der Waals surface area contributed by atoms with Gasteiger partial charge in [-0.05, 0) is 30.9 Å². The van der Waals surface area contributed by atoms with E-state index in [0.29, 0.717) is 0 Å². The van der Waals surface area contributed by atoms with Crippen LogP contribution >= 0.6 is 0 Å². The second-order valence-electron chi connectivity index (χ2n) is 4.96. The van der Waals surface area contributed by atoms with Crippen LogP contribution < -0.4 is 5.63 Å².